The molecule has 1 aromatic rings. The summed E-state index contributed by atoms with van der Waals surface area (Å²) in [5.74, 6) is 1.06. The van der Waals surface area contributed by atoms with E-state index >= 15 is 0 Å². The molecule has 0 aliphatic rings. The van der Waals surface area contributed by atoms with E-state index in [1.165, 1.54) is 0 Å². The van der Waals surface area contributed by atoms with Crippen LogP contribution in [0.1, 0.15) is 50.7 Å². The summed E-state index contributed by atoms with van der Waals surface area (Å²) >= 11 is 0. The summed E-state index contributed by atoms with van der Waals surface area (Å²) in [6.07, 6.45) is 6.14. The molecule has 0 saturated heterocycles. The first-order valence-corrected chi connectivity index (χ1v) is 5.07. The summed E-state index contributed by atoms with van der Waals surface area (Å²) in [7, 11) is 0. The Hall–Kier alpha value is -0.830. The largest absolute Gasteiger partial charge is 0.345 e. The second kappa shape index (κ2) is 5.02. The van der Waals surface area contributed by atoms with Gasteiger partial charge < -0.3 is 10.7 Å². The fourth-order valence-corrected chi connectivity index (χ4v) is 1.40. The molecule has 3 N–H and O–H groups in total. The van der Waals surface area contributed by atoms with Crippen molar-refractivity contribution in [2.75, 3.05) is 0 Å². The average molecular weight is 181 g/mol. The molecular formula is C10H19N3. The first kappa shape index (κ1) is 10.3. The van der Waals surface area contributed by atoms with E-state index in [-0.39, 0.29) is 6.04 Å². The van der Waals surface area contributed by atoms with Crippen molar-refractivity contribution in [2.45, 2.75) is 45.6 Å². The van der Waals surface area contributed by atoms with E-state index in [0.717, 1.165) is 37.2 Å². The van der Waals surface area contributed by atoms with Gasteiger partial charge in [0, 0.05) is 18.7 Å². The van der Waals surface area contributed by atoms with Crippen molar-refractivity contribution in [2.24, 2.45) is 5.73 Å². The Kier molecular flexibility index (Phi) is 3.96. The van der Waals surface area contributed by atoms with Gasteiger partial charge in [-0.25, -0.2) is 4.98 Å². The highest BCUT2D eigenvalue weighted by Crippen LogP contribution is 2.13. The first-order chi connectivity index (χ1) is 6.27. The van der Waals surface area contributed by atoms with Crippen LogP contribution in [0, 0.1) is 0 Å². The highest BCUT2D eigenvalue weighted by atomic mass is 14.9. The smallest absolute Gasteiger partial charge is 0.106 e. The Labute approximate surface area is 79.8 Å². The quantitative estimate of drug-likeness (QED) is 0.731. The number of hydrogen-bond donors (Lipinski definition) is 2. The number of nitrogens with two attached hydrogens (primary N) is 1. The molecule has 1 aromatic heterocycles. The number of aryl methyl sites for hydroxylation is 1. The molecule has 0 bridgehead atoms. The van der Waals surface area contributed by atoms with Crippen molar-refractivity contribution in [1.29, 1.82) is 0 Å². The molecule has 0 aromatic carbocycles. The van der Waals surface area contributed by atoms with Gasteiger partial charge in [-0.2, -0.15) is 0 Å². The highest BCUT2D eigenvalue weighted by molar-refractivity contribution is 5.06. The molecule has 1 atom stereocenters. The third-order valence-corrected chi connectivity index (χ3v) is 2.13. The lowest BCUT2D eigenvalue weighted by Crippen LogP contribution is -2.10. The van der Waals surface area contributed by atoms with Gasteiger partial charge >= 0.3 is 0 Å². The zero-order chi connectivity index (χ0) is 9.68. The van der Waals surface area contributed by atoms with Crippen LogP contribution >= 0.6 is 0 Å². The van der Waals surface area contributed by atoms with Crippen LogP contribution in [0.2, 0.25) is 0 Å². The van der Waals surface area contributed by atoms with Gasteiger partial charge in [-0.05, 0) is 12.8 Å². The number of aromatic amines is 1. The average Bonchev–Trinajstić information content (AvgIpc) is 2.54. The van der Waals surface area contributed by atoms with Crippen LogP contribution in [0.25, 0.3) is 0 Å². The number of nitrogens with one attached hydrogen (secondary N) is 1. The van der Waals surface area contributed by atoms with E-state index in [4.69, 9.17) is 5.73 Å². The number of imidazole rings is 1. The Morgan fingerprint density at radius 2 is 2.23 bits per heavy atom. The first-order valence-electron chi connectivity index (χ1n) is 5.07. The minimum absolute atomic E-state index is 0.128. The zero-order valence-electron chi connectivity index (χ0n) is 8.51. The molecule has 0 saturated carbocycles. The number of nitrogens with zero attached hydrogens (tertiary/aromatic N) is 1. The van der Waals surface area contributed by atoms with Gasteiger partial charge in [0.2, 0.25) is 0 Å². The van der Waals surface area contributed by atoms with Gasteiger partial charge in [0.05, 0.1) is 5.69 Å². The molecule has 74 valence electrons. The standard InChI is InChI=1S/C10H19N3/c1-3-5-8(11)9-7-12-10(13-9)6-4-2/h7-8H,3-6,11H2,1-2H3,(H,12,13). The molecular weight excluding hydrogens is 162 g/mol. The summed E-state index contributed by atoms with van der Waals surface area (Å²) in [5, 5.41) is 0. The fourth-order valence-electron chi connectivity index (χ4n) is 1.40. The monoisotopic (exact) mass is 181 g/mol. The van der Waals surface area contributed by atoms with E-state index in [0.29, 0.717) is 0 Å². The van der Waals surface area contributed by atoms with Gasteiger partial charge in [0.1, 0.15) is 5.82 Å². The molecule has 3 nitrogen and oxygen atoms in total. The van der Waals surface area contributed by atoms with Crippen LogP contribution in [-0.4, -0.2) is 9.97 Å². The summed E-state index contributed by atoms with van der Waals surface area (Å²) in [6, 6.07) is 0.128. The zero-order valence-corrected chi connectivity index (χ0v) is 8.51. The molecule has 0 amide bonds. The maximum atomic E-state index is 5.94. The number of hydrogen-bond acceptors (Lipinski definition) is 2. The van der Waals surface area contributed by atoms with Crippen LogP contribution in [0.15, 0.2) is 6.20 Å². The van der Waals surface area contributed by atoms with Gasteiger partial charge in [0.25, 0.3) is 0 Å². The van der Waals surface area contributed by atoms with Crippen LogP contribution in [0.5, 0.6) is 0 Å². The lowest BCUT2D eigenvalue weighted by Gasteiger charge is -2.06. The van der Waals surface area contributed by atoms with Crippen LogP contribution in [0.3, 0.4) is 0 Å². The Balaban J connectivity index is 2.56. The number of aromatic nitrogens is 2. The van der Waals surface area contributed by atoms with Crippen molar-refractivity contribution in [1.82, 2.24) is 9.97 Å². The molecule has 13 heavy (non-hydrogen) atoms. The predicted octanol–water partition coefficient (Wildman–Crippen LogP) is 2.16. The maximum absolute atomic E-state index is 5.94. The summed E-state index contributed by atoms with van der Waals surface area (Å²) < 4.78 is 0. The maximum Gasteiger partial charge on any atom is 0.106 e. The van der Waals surface area contributed by atoms with Crippen LogP contribution in [-0.2, 0) is 6.42 Å². The molecule has 3 heteroatoms. The molecule has 1 rings (SSSR count). The second-order valence-corrected chi connectivity index (χ2v) is 3.43. The van der Waals surface area contributed by atoms with E-state index in [1.54, 1.807) is 0 Å². The Bertz CT molecular complexity index is 242. The minimum Gasteiger partial charge on any atom is -0.345 e. The van der Waals surface area contributed by atoms with E-state index in [1.807, 2.05) is 6.20 Å². The lowest BCUT2D eigenvalue weighted by molar-refractivity contribution is 0.622. The van der Waals surface area contributed by atoms with Gasteiger partial charge in [-0.3, -0.25) is 0 Å². The van der Waals surface area contributed by atoms with E-state index < -0.39 is 0 Å². The number of H-pyrrole nitrogens is 1. The van der Waals surface area contributed by atoms with Crippen molar-refractivity contribution < 1.29 is 0 Å². The molecule has 0 fully saturated rings. The topological polar surface area (TPSA) is 54.7 Å². The molecule has 1 heterocycles. The summed E-state index contributed by atoms with van der Waals surface area (Å²) in [5.41, 5.74) is 7.02. The molecule has 0 radical (unpaired) electrons. The van der Waals surface area contributed by atoms with Gasteiger partial charge in [0.15, 0.2) is 0 Å². The normalized spacial score (nSPS) is 13.2. The highest BCUT2D eigenvalue weighted by Gasteiger charge is 2.07. The van der Waals surface area contributed by atoms with Crippen LogP contribution < -0.4 is 5.73 Å². The number of rotatable bonds is 5. The van der Waals surface area contributed by atoms with E-state index in [9.17, 15) is 0 Å². The molecule has 0 spiro atoms. The molecule has 0 aliphatic heterocycles. The lowest BCUT2D eigenvalue weighted by atomic mass is 10.1. The Morgan fingerprint density at radius 3 is 2.85 bits per heavy atom. The molecule has 0 aliphatic carbocycles. The SMILES string of the molecule is CCCc1ncc(C(N)CCC)[nH]1. The van der Waals surface area contributed by atoms with Crippen molar-refractivity contribution >= 4 is 0 Å². The molecule has 1 unspecified atom stereocenters. The second-order valence-electron chi connectivity index (χ2n) is 3.43. The van der Waals surface area contributed by atoms with E-state index in [2.05, 4.69) is 23.8 Å². The predicted molar refractivity (Wildman–Crippen MR) is 54.4 cm³/mol. The Morgan fingerprint density at radius 1 is 1.46 bits per heavy atom. The van der Waals surface area contributed by atoms with Crippen molar-refractivity contribution in [3.05, 3.63) is 17.7 Å². The fraction of sp³-hybridized carbons (Fsp3) is 0.700. The summed E-state index contributed by atoms with van der Waals surface area (Å²) in [6.45, 7) is 4.29. The van der Waals surface area contributed by atoms with Gasteiger partial charge in [-0.1, -0.05) is 20.3 Å². The minimum atomic E-state index is 0.128. The third-order valence-electron chi connectivity index (χ3n) is 2.13. The van der Waals surface area contributed by atoms with Gasteiger partial charge in [-0.15, -0.1) is 0 Å². The van der Waals surface area contributed by atoms with Crippen molar-refractivity contribution in [3.63, 3.8) is 0 Å². The summed E-state index contributed by atoms with van der Waals surface area (Å²) in [4.78, 5) is 7.54. The van der Waals surface area contributed by atoms with Crippen molar-refractivity contribution in [3.8, 4) is 0 Å². The third kappa shape index (κ3) is 2.84. The van der Waals surface area contributed by atoms with Crippen LogP contribution in [0.4, 0.5) is 0 Å².